The second-order valence-electron chi connectivity index (χ2n) is 6.96. The summed E-state index contributed by atoms with van der Waals surface area (Å²) in [5, 5.41) is 7.49. The summed E-state index contributed by atoms with van der Waals surface area (Å²) in [6, 6.07) is 14.1. The molecule has 0 unspecified atom stereocenters. The van der Waals surface area contributed by atoms with Crippen LogP contribution in [0.2, 0.25) is 0 Å². The van der Waals surface area contributed by atoms with E-state index in [1.165, 1.54) is 0 Å². The molecule has 1 aliphatic rings. The van der Waals surface area contributed by atoms with Gasteiger partial charge in [0, 0.05) is 12.4 Å². The fourth-order valence-electron chi connectivity index (χ4n) is 3.15. The standard InChI is InChI=1S/C21H22N4O/c1-15-9-10-22-19(11-15)20(17-7-8-17)24-21(26)18-12-23-25(14-18)13-16-5-3-2-4-6-16/h2-6,9-12,14,17,20H,7-8,13H2,1H3,(H,24,26)/t20-/m1/s1. The van der Waals surface area contributed by atoms with E-state index in [0.29, 0.717) is 18.0 Å². The van der Waals surface area contributed by atoms with Crippen LogP contribution in [0.4, 0.5) is 0 Å². The molecule has 0 bridgehead atoms. The number of carbonyl (C=O) groups excluding carboxylic acids is 1. The molecule has 1 N–H and O–H groups in total. The minimum Gasteiger partial charge on any atom is -0.343 e. The van der Waals surface area contributed by atoms with Crippen LogP contribution in [0.1, 0.15) is 46.1 Å². The lowest BCUT2D eigenvalue weighted by atomic mass is 10.1. The van der Waals surface area contributed by atoms with Gasteiger partial charge in [0.2, 0.25) is 0 Å². The predicted octanol–water partition coefficient (Wildman–Crippen LogP) is 3.52. The molecule has 4 rings (SSSR count). The van der Waals surface area contributed by atoms with Crippen LogP contribution in [0, 0.1) is 12.8 Å². The fraction of sp³-hybridized carbons (Fsp3) is 0.286. The van der Waals surface area contributed by atoms with E-state index in [2.05, 4.69) is 21.5 Å². The van der Waals surface area contributed by atoms with Gasteiger partial charge in [0.25, 0.3) is 5.91 Å². The summed E-state index contributed by atoms with van der Waals surface area (Å²) in [6.45, 7) is 2.70. The number of rotatable bonds is 6. The zero-order chi connectivity index (χ0) is 17.9. The maximum absolute atomic E-state index is 12.7. The van der Waals surface area contributed by atoms with Crippen LogP contribution >= 0.6 is 0 Å². The van der Waals surface area contributed by atoms with Crippen molar-refractivity contribution in [2.75, 3.05) is 0 Å². The summed E-state index contributed by atoms with van der Waals surface area (Å²) < 4.78 is 1.79. The molecule has 5 nitrogen and oxygen atoms in total. The van der Waals surface area contributed by atoms with Crippen molar-refractivity contribution in [3.63, 3.8) is 0 Å². The quantitative estimate of drug-likeness (QED) is 0.743. The smallest absolute Gasteiger partial charge is 0.255 e. The Labute approximate surface area is 153 Å². The third-order valence-corrected chi connectivity index (χ3v) is 4.72. The van der Waals surface area contributed by atoms with Gasteiger partial charge in [0.05, 0.1) is 30.0 Å². The van der Waals surface area contributed by atoms with Gasteiger partial charge in [-0.05, 0) is 48.9 Å². The van der Waals surface area contributed by atoms with Crippen molar-refractivity contribution < 1.29 is 4.79 Å². The van der Waals surface area contributed by atoms with E-state index in [1.54, 1.807) is 17.1 Å². The number of nitrogens with zero attached hydrogens (tertiary/aromatic N) is 3. The predicted molar refractivity (Wildman–Crippen MR) is 99.7 cm³/mol. The van der Waals surface area contributed by atoms with Gasteiger partial charge in [-0.2, -0.15) is 5.10 Å². The number of amides is 1. The number of aromatic nitrogens is 3. The Morgan fingerprint density at radius 2 is 2.08 bits per heavy atom. The number of pyridine rings is 1. The molecule has 2 heterocycles. The number of hydrogen-bond acceptors (Lipinski definition) is 3. The van der Waals surface area contributed by atoms with Gasteiger partial charge in [0.1, 0.15) is 0 Å². The second kappa shape index (κ2) is 7.12. The summed E-state index contributed by atoms with van der Waals surface area (Å²) >= 11 is 0. The Hall–Kier alpha value is -2.95. The van der Waals surface area contributed by atoms with Crippen LogP contribution in [-0.2, 0) is 6.54 Å². The molecule has 1 fully saturated rings. The Kier molecular flexibility index (Phi) is 4.52. The van der Waals surface area contributed by atoms with Gasteiger partial charge in [0.15, 0.2) is 0 Å². The molecule has 3 aromatic rings. The zero-order valence-electron chi connectivity index (χ0n) is 14.8. The Balaban J connectivity index is 1.47. The first-order valence-electron chi connectivity index (χ1n) is 8.99. The topological polar surface area (TPSA) is 59.8 Å². The average molecular weight is 346 g/mol. The first-order valence-corrected chi connectivity index (χ1v) is 8.99. The molecular weight excluding hydrogens is 324 g/mol. The van der Waals surface area contributed by atoms with Crippen LogP contribution < -0.4 is 5.32 Å². The van der Waals surface area contributed by atoms with Crippen LogP contribution in [0.15, 0.2) is 61.1 Å². The van der Waals surface area contributed by atoms with Crippen LogP contribution in [-0.4, -0.2) is 20.7 Å². The van der Waals surface area contributed by atoms with Gasteiger partial charge in [-0.1, -0.05) is 30.3 Å². The summed E-state index contributed by atoms with van der Waals surface area (Å²) in [7, 11) is 0. The van der Waals surface area contributed by atoms with E-state index in [4.69, 9.17) is 0 Å². The maximum atomic E-state index is 12.7. The lowest BCUT2D eigenvalue weighted by molar-refractivity contribution is 0.0930. The molecule has 0 saturated heterocycles. The molecule has 26 heavy (non-hydrogen) atoms. The molecule has 2 aromatic heterocycles. The molecule has 5 heteroatoms. The van der Waals surface area contributed by atoms with Crippen molar-refractivity contribution in [3.8, 4) is 0 Å². The minimum absolute atomic E-state index is 0.0279. The summed E-state index contributed by atoms with van der Waals surface area (Å²) in [5.41, 5.74) is 3.84. The highest BCUT2D eigenvalue weighted by atomic mass is 16.1. The van der Waals surface area contributed by atoms with E-state index >= 15 is 0 Å². The molecule has 1 saturated carbocycles. The first-order chi connectivity index (χ1) is 12.7. The number of nitrogens with one attached hydrogen (secondary N) is 1. The van der Waals surface area contributed by atoms with Gasteiger partial charge in [-0.25, -0.2) is 0 Å². The lowest BCUT2D eigenvalue weighted by Gasteiger charge is -2.17. The maximum Gasteiger partial charge on any atom is 0.255 e. The number of aryl methyl sites for hydroxylation is 1. The molecule has 1 atom stereocenters. The van der Waals surface area contributed by atoms with E-state index in [0.717, 1.165) is 29.7 Å². The summed E-state index contributed by atoms with van der Waals surface area (Å²) in [4.78, 5) is 17.2. The minimum atomic E-state index is -0.0930. The highest BCUT2D eigenvalue weighted by Gasteiger charge is 2.34. The summed E-state index contributed by atoms with van der Waals surface area (Å²) in [6.07, 6.45) is 7.51. The molecular formula is C21H22N4O. The van der Waals surface area contributed by atoms with Crippen molar-refractivity contribution in [1.29, 1.82) is 0 Å². The Morgan fingerprint density at radius 3 is 2.81 bits per heavy atom. The first kappa shape index (κ1) is 16.5. The highest BCUT2D eigenvalue weighted by Crippen LogP contribution is 2.40. The van der Waals surface area contributed by atoms with Gasteiger partial charge in [-0.3, -0.25) is 14.5 Å². The zero-order valence-corrected chi connectivity index (χ0v) is 14.8. The van der Waals surface area contributed by atoms with E-state index in [-0.39, 0.29) is 11.9 Å². The van der Waals surface area contributed by atoms with Gasteiger partial charge in [-0.15, -0.1) is 0 Å². The Bertz CT molecular complexity index is 899. The van der Waals surface area contributed by atoms with Crippen molar-refractivity contribution in [2.45, 2.75) is 32.4 Å². The van der Waals surface area contributed by atoms with Gasteiger partial charge >= 0.3 is 0 Å². The van der Waals surface area contributed by atoms with Crippen molar-refractivity contribution >= 4 is 5.91 Å². The van der Waals surface area contributed by atoms with Crippen LogP contribution in [0.5, 0.6) is 0 Å². The number of carbonyl (C=O) groups is 1. The summed E-state index contributed by atoms with van der Waals surface area (Å²) in [5.74, 6) is 0.386. The largest absolute Gasteiger partial charge is 0.343 e. The third kappa shape index (κ3) is 3.82. The van der Waals surface area contributed by atoms with Crippen molar-refractivity contribution in [3.05, 3.63) is 83.4 Å². The monoisotopic (exact) mass is 346 g/mol. The molecule has 0 spiro atoms. The van der Waals surface area contributed by atoms with Crippen molar-refractivity contribution in [2.24, 2.45) is 5.92 Å². The number of benzene rings is 1. The van der Waals surface area contributed by atoms with Crippen LogP contribution in [0.3, 0.4) is 0 Å². The number of hydrogen-bond donors (Lipinski definition) is 1. The third-order valence-electron chi connectivity index (χ3n) is 4.72. The lowest BCUT2D eigenvalue weighted by Crippen LogP contribution is -2.30. The molecule has 0 radical (unpaired) electrons. The highest BCUT2D eigenvalue weighted by molar-refractivity contribution is 5.94. The fourth-order valence-corrected chi connectivity index (χ4v) is 3.15. The molecule has 1 amide bonds. The Morgan fingerprint density at radius 1 is 1.27 bits per heavy atom. The van der Waals surface area contributed by atoms with Gasteiger partial charge < -0.3 is 5.32 Å². The van der Waals surface area contributed by atoms with Crippen molar-refractivity contribution in [1.82, 2.24) is 20.1 Å². The van der Waals surface area contributed by atoms with E-state index < -0.39 is 0 Å². The molecule has 132 valence electrons. The van der Waals surface area contributed by atoms with E-state index in [9.17, 15) is 4.79 Å². The molecule has 0 aliphatic heterocycles. The van der Waals surface area contributed by atoms with E-state index in [1.807, 2.05) is 49.5 Å². The SMILES string of the molecule is Cc1ccnc([C@H](NC(=O)c2cnn(Cc3ccccc3)c2)C2CC2)c1. The second-order valence-corrected chi connectivity index (χ2v) is 6.96. The molecule has 1 aliphatic carbocycles. The normalized spacial score (nSPS) is 14.8. The molecule has 1 aromatic carbocycles. The van der Waals surface area contributed by atoms with Crippen LogP contribution in [0.25, 0.3) is 0 Å². The average Bonchev–Trinajstić information content (AvgIpc) is 3.39.